The number of hydrogen-bond donors (Lipinski definition) is 0. The molecule has 7 aromatic carbocycles. The second-order valence-electron chi connectivity index (χ2n) is 13.9. The van der Waals surface area contributed by atoms with Crippen molar-refractivity contribution in [3.8, 4) is 62.1 Å². The van der Waals surface area contributed by atoms with E-state index in [4.69, 9.17) is 19.9 Å². The molecule has 11 aromatic rings. The lowest BCUT2D eigenvalue weighted by Gasteiger charge is -2.16. The molecule has 0 unspecified atom stereocenters. The van der Waals surface area contributed by atoms with Crippen molar-refractivity contribution < 1.29 is 0 Å². The second kappa shape index (κ2) is 13.2. The van der Waals surface area contributed by atoms with Gasteiger partial charge in [-0.15, -0.1) is 11.3 Å². The van der Waals surface area contributed by atoms with Gasteiger partial charge in [-0.3, -0.25) is 4.57 Å². The lowest BCUT2D eigenvalue weighted by molar-refractivity contribution is 1.07. The number of benzene rings is 7. The van der Waals surface area contributed by atoms with Crippen LogP contribution in [0.2, 0.25) is 0 Å². The predicted octanol–water partition coefficient (Wildman–Crippen LogP) is 13.1. The van der Waals surface area contributed by atoms with Crippen LogP contribution in [0.3, 0.4) is 0 Å². The SMILES string of the molecule is c1ccc(-c2nc(-c3ccc(-c4cccc5c4sc4ccccc45)cc3)nc(-c3ccc(-c4ccccc4)c(-n4c5ccccc5c5cccnc54)c3)n2)cc1. The first-order valence-electron chi connectivity index (χ1n) is 18.6. The first kappa shape index (κ1) is 32.2. The summed E-state index contributed by atoms with van der Waals surface area (Å²) in [5.74, 6) is 1.84. The quantitative estimate of drug-likeness (QED) is 0.171. The topological polar surface area (TPSA) is 56.5 Å². The van der Waals surface area contributed by atoms with E-state index in [0.29, 0.717) is 17.5 Å². The highest BCUT2D eigenvalue weighted by Crippen LogP contribution is 2.41. The fraction of sp³-hybridized carbons (Fsp3) is 0. The van der Waals surface area contributed by atoms with Crippen molar-refractivity contribution in [1.82, 2.24) is 24.5 Å². The average Bonchev–Trinajstić information content (AvgIpc) is 3.83. The lowest BCUT2D eigenvalue weighted by atomic mass is 10.0. The van der Waals surface area contributed by atoms with Crippen LogP contribution in [0.15, 0.2) is 188 Å². The van der Waals surface area contributed by atoms with Crippen molar-refractivity contribution in [2.75, 3.05) is 0 Å². The van der Waals surface area contributed by atoms with Gasteiger partial charge < -0.3 is 0 Å². The first-order chi connectivity index (χ1) is 27.8. The van der Waals surface area contributed by atoms with Gasteiger partial charge in [0.05, 0.1) is 11.2 Å². The zero-order chi connectivity index (χ0) is 37.0. The minimum Gasteiger partial charge on any atom is -0.293 e. The molecule has 0 amide bonds. The largest absolute Gasteiger partial charge is 0.293 e. The van der Waals surface area contributed by atoms with Gasteiger partial charge in [-0.2, -0.15) is 0 Å². The molecular weight excluding hydrogens is 703 g/mol. The van der Waals surface area contributed by atoms with Crippen LogP contribution in [0.5, 0.6) is 0 Å². The molecule has 0 aliphatic carbocycles. The predicted molar refractivity (Wildman–Crippen MR) is 232 cm³/mol. The number of rotatable bonds is 6. The third-order valence-electron chi connectivity index (χ3n) is 10.5. The van der Waals surface area contributed by atoms with Crippen LogP contribution in [0.25, 0.3) is 104 Å². The Bertz CT molecular complexity index is 3190. The number of pyridine rings is 1. The van der Waals surface area contributed by atoms with E-state index in [0.717, 1.165) is 61.0 Å². The Morgan fingerprint density at radius 1 is 0.393 bits per heavy atom. The Kier molecular flexibility index (Phi) is 7.60. The molecule has 5 nitrogen and oxygen atoms in total. The second-order valence-corrected chi connectivity index (χ2v) is 14.9. The zero-order valence-electron chi connectivity index (χ0n) is 30.0. The van der Waals surface area contributed by atoms with Gasteiger partial charge in [-0.1, -0.05) is 152 Å². The average molecular weight is 734 g/mol. The molecule has 0 atom stereocenters. The van der Waals surface area contributed by atoms with Crippen molar-refractivity contribution in [3.63, 3.8) is 0 Å². The number of thiophene rings is 1. The minimum absolute atomic E-state index is 0.600. The monoisotopic (exact) mass is 733 g/mol. The summed E-state index contributed by atoms with van der Waals surface area (Å²) < 4.78 is 4.86. The summed E-state index contributed by atoms with van der Waals surface area (Å²) >= 11 is 1.84. The van der Waals surface area contributed by atoms with Crippen molar-refractivity contribution in [3.05, 3.63) is 188 Å². The summed E-state index contributed by atoms with van der Waals surface area (Å²) in [6, 6.07) is 63.6. The molecule has 0 radical (unpaired) electrons. The minimum atomic E-state index is 0.600. The molecule has 4 aromatic heterocycles. The Morgan fingerprint density at radius 3 is 1.75 bits per heavy atom. The first-order valence-corrected chi connectivity index (χ1v) is 19.5. The van der Waals surface area contributed by atoms with E-state index < -0.39 is 0 Å². The van der Waals surface area contributed by atoms with Crippen LogP contribution < -0.4 is 0 Å². The van der Waals surface area contributed by atoms with Gasteiger partial charge in [0.1, 0.15) is 5.65 Å². The molecule has 262 valence electrons. The fourth-order valence-electron chi connectivity index (χ4n) is 7.88. The maximum absolute atomic E-state index is 5.19. The number of para-hydroxylation sites is 1. The molecule has 0 spiro atoms. The van der Waals surface area contributed by atoms with E-state index in [9.17, 15) is 0 Å². The standard InChI is InChI=1S/C50H31N5S/c1-3-13-32(14-4-1)37-29-28-36(31-44(37)55-43-22-9-7-17-39(43)42-21-12-30-51-50(42)55)49-53-47(34-15-5-2-6-16-34)52-48(54-49)35-26-24-33(25-27-35)38-19-11-20-41-40-18-8-10-23-45(40)56-46(38)41/h1-31H. The molecule has 6 heteroatoms. The maximum Gasteiger partial charge on any atom is 0.164 e. The summed E-state index contributed by atoms with van der Waals surface area (Å²) in [6.07, 6.45) is 1.86. The van der Waals surface area contributed by atoms with Crippen LogP contribution in [0, 0.1) is 0 Å². The Labute approximate surface area is 326 Å². The van der Waals surface area contributed by atoms with Crippen LogP contribution in [-0.2, 0) is 0 Å². The van der Waals surface area contributed by atoms with Crippen LogP contribution >= 0.6 is 11.3 Å². The van der Waals surface area contributed by atoms with Crippen LogP contribution in [0.4, 0.5) is 0 Å². The summed E-state index contributed by atoms with van der Waals surface area (Å²) in [5, 5.41) is 4.84. The van der Waals surface area contributed by atoms with E-state index in [2.05, 4.69) is 144 Å². The van der Waals surface area contributed by atoms with E-state index >= 15 is 0 Å². The van der Waals surface area contributed by atoms with Gasteiger partial charge >= 0.3 is 0 Å². The lowest BCUT2D eigenvalue weighted by Crippen LogP contribution is -2.02. The molecule has 56 heavy (non-hydrogen) atoms. The Balaban J connectivity index is 1.08. The Hall–Kier alpha value is -7.28. The zero-order valence-corrected chi connectivity index (χ0v) is 30.9. The number of fused-ring (bicyclic) bond motifs is 6. The number of nitrogens with zero attached hydrogens (tertiary/aromatic N) is 5. The van der Waals surface area contributed by atoms with Crippen molar-refractivity contribution >= 4 is 53.4 Å². The van der Waals surface area contributed by atoms with Crippen LogP contribution in [0.1, 0.15) is 0 Å². The van der Waals surface area contributed by atoms with Gasteiger partial charge in [0, 0.05) is 59.4 Å². The molecular formula is C50H31N5S. The Morgan fingerprint density at radius 2 is 0.964 bits per heavy atom. The molecule has 4 heterocycles. The molecule has 0 N–H and O–H groups in total. The molecule has 0 bridgehead atoms. The highest BCUT2D eigenvalue weighted by Gasteiger charge is 2.20. The van der Waals surface area contributed by atoms with Gasteiger partial charge in [-0.05, 0) is 47.0 Å². The molecule has 0 aliphatic rings. The third kappa shape index (κ3) is 5.38. The van der Waals surface area contributed by atoms with Gasteiger partial charge in [0.25, 0.3) is 0 Å². The van der Waals surface area contributed by atoms with E-state index in [-0.39, 0.29) is 0 Å². The normalized spacial score (nSPS) is 11.6. The number of hydrogen-bond acceptors (Lipinski definition) is 5. The summed E-state index contributed by atoms with van der Waals surface area (Å²) in [4.78, 5) is 20.3. The molecule has 0 saturated carbocycles. The van der Waals surface area contributed by atoms with Gasteiger partial charge in [0.2, 0.25) is 0 Å². The third-order valence-corrected chi connectivity index (χ3v) is 11.8. The van der Waals surface area contributed by atoms with Crippen molar-refractivity contribution in [2.24, 2.45) is 0 Å². The van der Waals surface area contributed by atoms with Gasteiger partial charge in [-0.25, -0.2) is 19.9 Å². The summed E-state index contributed by atoms with van der Waals surface area (Å²) in [5.41, 5.74) is 10.3. The van der Waals surface area contributed by atoms with Crippen molar-refractivity contribution in [2.45, 2.75) is 0 Å². The fourth-order valence-corrected chi connectivity index (χ4v) is 9.12. The van der Waals surface area contributed by atoms with Crippen molar-refractivity contribution in [1.29, 1.82) is 0 Å². The summed E-state index contributed by atoms with van der Waals surface area (Å²) in [7, 11) is 0. The van der Waals surface area contributed by atoms with E-state index in [1.165, 1.54) is 25.7 Å². The highest BCUT2D eigenvalue weighted by molar-refractivity contribution is 7.26. The van der Waals surface area contributed by atoms with E-state index in [1.54, 1.807) is 0 Å². The summed E-state index contributed by atoms with van der Waals surface area (Å²) in [6.45, 7) is 0. The van der Waals surface area contributed by atoms with E-state index in [1.807, 2.05) is 60.0 Å². The maximum atomic E-state index is 5.19. The number of aromatic nitrogens is 5. The molecule has 11 rings (SSSR count). The molecule has 0 aliphatic heterocycles. The van der Waals surface area contributed by atoms with Gasteiger partial charge in [0.15, 0.2) is 17.5 Å². The molecule has 0 fully saturated rings. The molecule has 0 saturated heterocycles. The highest BCUT2D eigenvalue weighted by atomic mass is 32.1. The van der Waals surface area contributed by atoms with Crippen LogP contribution in [-0.4, -0.2) is 24.5 Å². The smallest absolute Gasteiger partial charge is 0.164 e.